The number of carbonyl (C=O) groups excluding carboxylic acids is 4. The highest BCUT2D eigenvalue weighted by Gasteiger charge is 2.67. The van der Waals surface area contributed by atoms with Crippen LogP contribution in [0.25, 0.3) is 11.0 Å². The molecule has 2 aliphatic heterocycles. The Morgan fingerprint density at radius 1 is 1.03 bits per heavy atom. The predicted molar refractivity (Wildman–Crippen MR) is 197 cm³/mol. The van der Waals surface area contributed by atoms with Gasteiger partial charge in [0.25, 0.3) is 5.91 Å². The third-order valence-electron chi connectivity index (χ3n) is 11.6. The summed E-state index contributed by atoms with van der Waals surface area (Å²) in [6.45, 7) is 5.63. The molecule has 1 aromatic heterocycles. The van der Waals surface area contributed by atoms with Crippen molar-refractivity contribution in [2.24, 2.45) is 11.3 Å². The van der Waals surface area contributed by atoms with E-state index in [9.17, 15) is 36.4 Å². The number of sulfonamides is 1. The summed E-state index contributed by atoms with van der Waals surface area (Å²) in [4.78, 5) is 65.3. The maximum Gasteiger partial charge on any atom is 0.408 e. The quantitative estimate of drug-likeness (QED) is 0.283. The Morgan fingerprint density at radius 2 is 1.71 bits per heavy atom. The number of alkyl carbamates (subject to hydrolysis) is 1. The van der Waals surface area contributed by atoms with Crippen LogP contribution in [-0.2, 0) is 39.8 Å². The summed E-state index contributed by atoms with van der Waals surface area (Å²) in [5.74, 6) is -9.43. The maximum absolute atomic E-state index is 16.1. The molecule has 1 saturated heterocycles. The van der Waals surface area contributed by atoms with Gasteiger partial charge in [-0.05, 0) is 69.1 Å². The number of fused-ring (bicyclic) bond motifs is 5. The highest BCUT2D eigenvalue weighted by molar-refractivity contribution is 7.91. The summed E-state index contributed by atoms with van der Waals surface area (Å²) < 4.78 is 105. The van der Waals surface area contributed by atoms with Gasteiger partial charge in [0.05, 0.1) is 41.0 Å². The van der Waals surface area contributed by atoms with Crippen LogP contribution in [0.2, 0.25) is 0 Å². The van der Waals surface area contributed by atoms with Crippen molar-refractivity contribution in [3.05, 3.63) is 42.1 Å². The van der Waals surface area contributed by atoms with E-state index >= 15 is 8.78 Å². The van der Waals surface area contributed by atoms with Crippen molar-refractivity contribution < 1.29 is 59.4 Å². The average molecular weight is 839 g/mol. The molecule has 0 spiro atoms. The third-order valence-corrected chi connectivity index (χ3v) is 13.8. The van der Waals surface area contributed by atoms with Crippen molar-refractivity contribution in [2.75, 3.05) is 13.2 Å². The minimum atomic E-state index is -4.30. The van der Waals surface area contributed by atoms with E-state index in [4.69, 9.17) is 14.2 Å². The largest absolute Gasteiger partial charge is 0.471 e. The Balaban J connectivity index is 1.26. The van der Waals surface area contributed by atoms with Crippen molar-refractivity contribution >= 4 is 44.9 Å². The number of rotatable bonds is 6. The summed E-state index contributed by atoms with van der Waals surface area (Å²) in [5.41, 5.74) is -3.91. The average Bonchev–Trinajstić information content (AvgIpc) is 3.97. The molecule has 3 saturated carbocycles. The van der Waals surface area contributed by atoms with Gasteiger partial charge < -0.3 is 29.7 Å². The van der Waals surface area contributed by atoms with E-state index in [1.54, 1.807) is 32.9 Å². The van der Waals surface area contributed by atoms with Gasteiger partial charge in [0, 0.05) is 6.42 Å². The van der Waals surface area contributed by atoms with Crippen molar-refractivity contribution in [2.45, 2.75) is 126 Å². The van der Waals surface area contributed by atoms with Crippen molar-refractivity contribution in [1.82, 2.24) is 30.2 Å². The topological polar surface area (TPSA) is 195 Å². The molecule has 15 nitrogen and oxygen atoms in total. The van der Waals surface area contributed by atoms with E-state index in [2.05, 4.69) is 20.6 Å². The Morgan fingerprint density at radius 3 is 2.34 bits per heavy atom. The van der Waals surface area contributed by atoms with Gasteiger partial charge >= 0.3 is 12.0 Å². The molecule has 316 valence electrons. The zero-order valence-corrected chi connectivity index (χ0v) is 33.1. The number of amides is 4. The fraction of sp³-hybridized carbons (Fsp3) is 0.632. The first-order valence-electron chi connectivity index (χ1n) is 19.2. The Kier molecular flexibility index (Phi) is 10.7. The first-order chi connectivity index (χ1) is 27.1. The second kappa shape index (κ2) is 14.9. The molecule has 0 radical (unpaired) electrons. The van der Waals surface area contributed by atoms with E-state index in [0.717, 1.165) is 11.0 Å². The highest BCUT2D eigenvalue weighted by Crippen LogP contribution is 2.49. The van der Waals surface area contributed by atoms with Crippen LogP contribution < -0.4 is 20.1 Å². The lowest BCUT2D eigenvalue weighted by molar-refractivity contribution is -0.143. The molecule has 3 aliphatic carbocycles. The summed E-state index contributed by atoms with van der Waals surface area (Å²) in [7, 11) is -4.30. The molecular weight excluding hydrogens is 793 g/mol. The number of hydrogen-bond acceptors (Lipinski definition) is 11. The van der Waals surface area contributed by atoms with Crippen LogP contribution in [0.1, 0.15) is 78.3 Å². The standard InChI is InChI=1S/C38H46F4N6O9S/c1-35(2,3)28-32(50)48-19-20(17-24(48)30(49)46-37(18-21(37)29(39)40)33(51)47-58(53,54)36(4)14-15-36)56-31-27(43-22-9-5-6-10-23(22)44-31)38(41,42)13-8-16-55-25-11-7-12-26(25)57-34(52)45-28/h5-6,8-10,13,20-21,24-26,28-29H,7,11-12,14-19H2,1-4H3,(H,45,52)(H,46,49)(H,47,51)/b13-8+/t20-,21+,24+,25-,26?,28-,37-/m1/s1. The fourth-order valence-electron chi connectivity index (χ4n) is 7.73. The van der Waals surface area contributed by atoms with Gasteiger partial charge in [-0.2, -0.15) is 8.78 Å². The van der Waals surface area contributed by atoms with Crippen LogP contribution in [0.4, 0.5) is 22.4 Å². The van der Waals surface area contributed by atoms with Crippen molar-refractivity contribution in [3.8, 4) is 5.88 Å². The molecule has 5 aliphatic rings. The van der Waals surface area contributed by atoms with Gasteiger partial charge in [-0.1, -0.05) is 39.0 Å². The predicted octanol–water partition coefficient (Wildman–Crippen LogP) is 3.86. The number of para-hydroxylation sites is 2. The summed E-state index contributed by atoms with van der Waals surface area (Å²) in [5, 5.41) is 4.94. The van der Waals surface area contributed by atoms with Gasteiger partial charge in [0.15, 0.2) is 5.69 Å². The second-order valence-electron chi connectivity index (χ2n) is 17.1. The fourth-order valence-corrected chi connectivity index (χ4v) is 9.04. The smallest absolute Gasteiger partial charge is 0.408 e. The molecule has 58 heavy (non-hydrogen) atoms. The summed E-state index contributed by atoms with van der Waals surface area (Å²) >= 11 is 0. The molecule has 7 atom stereocenters. The molecule has 2 bridgehead atoms. The first kappa shape index (κ1) is 41.6. The number of nitrogens with zero attached hydrogens (tertiary/aromatic N) is 3. The van der Waals surface area contributed by atoms with Crippen molar-refractivity contribution in [1.29, 1.82) is 0 Å². The number of allylic oxidation sites excluding steroid dienone is 1. The lowest BCUT2D eigenvalue weighted by atomic mass is 9.85. The second-order valence-corrected chi connectivity index (χ2v) is 19.3. The maximum atomic E-state index is 16.1. The van der Waals surface area contributed by atoms with Crippen LogP contribution in [0.3, 0.4) is 0 Å². The minimum absolute atomic E-state index is 0.130. The van der Waals surface area contributed by atoms with E-state index in [1.165, 1.54) is 19.1 Å². The van der Waals surface area contributed by atoms with E-state index in [0.29, 0.717) is 25.3 Å². The number of aromatic nitrogens is 2. The Bertz CT molecular complexity index is 2130. The number of ether oxygens (including phenoxy) is 3. The monoisotopic (exact) mass is 838 g/mol. The number of nitrogens with one attached hydrogen (secondary N) is 3. The Labute approximate surface area is 332 Å². The summed E-state index contributed by atoms with van der Waals surface area (Å²) in [6, 6.07) is 3.27. The zero-order valence-electron chi connectivity index (χ0n) is 32.3. The third kappa shape index (κ3) is 8.05. The number of carbonyl (C=O) groups is 4. The van der Waals surface area contributed by atoms with Crippen LogP contribution >= 0.6 is 0 Å². The molecule has 4 amide bonds. The zero-order chi connectivity index (χ0) is 42.0. The molecular formula is C38H46F4N6O9S. The number of alkyl halides is 4. The summed E-state index contributed by atoms with van der Waals surface area (Å²) in [6.07, 6.45) is -4.10. The molecule has 1 unspecified atom stereocenters. The molecule has 2 aromatic rings. The van der Waals surface area contributed by atoms with Crippen molar-refractivity contribution in [3.63, 3.8) is 0 Å². The van der Waals surface area contributed by atoms with E-state index < -0.39 is 129 Å². The lowest BCUT2D eigenvalue weighted by Crippen LogP contribution is -2.60. The number of benzene rings is 1. The van der Waals surface area contributed by atoms with Gasteiger partial charge in [-0.25, -0.2) is 32.0 Å². The number of halogens is 4. The van der Waals surface area contributed by atoms with E-state index in [-0.39, 0.29) is 30.5 Å². The van der Waals surface area contributed by atoms with Gasteiger partial charge in [-0.15, -0.1) is 0 Å². The van der Waals surface area contributed by atoms with Crippen LogP contribution in [0.5, 0.6) is 5.88 Å². The lowest BCUT2D eigenvalue weighted by Gasteiger charge is -2.35. The number of hydrogen-bond donors (Lipinski definition) is 3. The minimum Gasteiger partial charge on any atom is -0.471 e. The van der Waals surface area contributed by atoms with Crippen LogP contribution in [0, 0.1) is 11.3 Å². The van der Waals surface area contributed by atoms with Crippen LogP contribution in [0.15, 0.2) is 36.4 Å². The molecule has 3 heterocycles. The molecule has 1 aromatic carbocycles. The molecule has 3 N–H and O–H groups in total. The van der Waals surface area contributed by atoms with Gasteiger partial charge in [-0.3, -0.25) is 19.1 Å². The Hall–Kier alpha value is -4.59. The SMILES string of the molecule is CC(C)(C)[C@@H]1NC(=O)OC2CCC[C@H]2OC/C=C/C(F)(F)c2nc3ccccc3nc2O[C@@H]2C[C@@H](C(=O)N[C@]3(C(=O)NS(=O)(=O)C4(C)CC4)C[C@H]3C(F)F)N(C2)C1=O. The molecule has 20 heteroatoms. The molecule has 7 rings (SSSR count). The van der Waals surface area contributed by atoms with E-state index in [1.807, 2.05) is 4.72 Å². The highest BCUT2D eigenvalue weighted by atomic mass is 32.2. The normalized spacial score (nSPS) is 31.4. The molecule has 4 fully saturated rings. The first-order valence-corrected chi connectivity index (χ1v) is 20.7. The van der Waals surface area contributed by atoms with Crippen LogP contribution in [-0.4, -0.2) is 107 Å². The van der Waals surface area contributed by atoms with Gasteiger partial charge in [0.2, 0.25) is 34.1 Å². The van der Waals surface area contributed by atoms with Gasteiger partial charge in [0.1, 0.15) is 29.8 Å².